The van der Waals surface area contributed by atoms with Gasteiger partial charge in [0.2, 0.25) is 0 Å². The minimum atomic E-state index is -0.0624. The molecular formula is C13H22BrClN2O2. The highest BCUT2D eigenvalue weighted by Gasteiger charge is 2.13. The van der Waals surface area contributed by atoms with E-state index in [9.17, 15) is 5.11 Å². The van der Waals surface area contributed by atoms with Gasteiger partial charge < -0.3 is 21.3 Å². The van der Waals surface area contributed by atoms with Crippen molar-refractivity contribution in [2.24, 2.45) is 11.5 Å². The maximum atomic E-state index is 9.82. The Balaban J connectivity index is 0.00000324. The summed E-state index contributed by atoms with van der Waals surface area (Å²) in [5.74, 6) is 0.589. The average molecular weight is 354 g/mol. The molecular weight excluding hydrogens is 332 g/mol. The maximum Gasteiger partial charge on any atom is 0.172 e. The Labute approximate surface area is 129 Å². The predicted octanol–water partition coefficient (Wildman–Crippen LogP) is 3.10. The van der Waals surface area contributed by atoms with Crippen molar-refractivity contribution in [3.05, 3.63) is 22.2 Å². The molecule has 0 fully saturated rings. The molecule has 5 N–H and O–H groups in total. The molecule has 4 nitrogen and oxygen atoms in total. The zero-order valence-electron chi connectivity index (χ0n) is 11.1. The average Bonchev–Trinajstić information content (AvgIpc) is 2.35. The van der Waals surface area contributed by atoms with Crippen LogP contribution in [0.25, 0.3) is 0 Å². The van der Waals surface area contributed by atoms with Crippen LogP contribution in [0.2, 0.25) is 0 Å². The molecule has 1 atom stereocenters. The van der Waals surface area contributed by atoms with Crippen molar-refractivity contribution in [2.45, 2.75) is 32.2 Å². The molecule has 0 radical (unpaired) electrons. The molecule has 0 heterocycles. The van der Waals surface area contributed by atoms with Crippen molar-refractivity contribution < 1.29 is 9.84 Å². The summed E-state index contributed by atoms with van der Waals surface area (Å²) in [7, 11) is 0. The summed E-state index contributed by atoms with van der Waals surface area (Å²) in [5, 5.41) is 9.82. The third-order valence-electron chi connectivity index (χ3n) is 2.75. The van der Waals surface area contributed by atoms with Gasteiger partial charge in [-0.1, -0.05) is 6.42 Å². The third kappa shape index (κ3) is 5.57. The van der Waals surface area contributed by atoms with E-state index in [2.05, 4.69) is 15.9 Å². The molecule has 0 unspecified atom stereocenters. The van der Waals surface area contributed by atoms with E-state index in [0.717, 1.165) is 24.8 Å². The molecule has 0 bridgehead atoms. The standard InChI is InChI=1S/C13H21BrN2O2.ClH/c1-2-18-12-8-9(7-10(14)13(12)17)11(16)5-3-4-6-15;/h7-8,11,17H,2-6,15-16H2,1H3;1H/t11-;/m0./s1. The molecule has 0 spiro atoms. The van der Waals surface area contributed by atoms with E-state index in [1.54, 1.807) is 6.07 Å². The smallest absolute Gasteiger partial charge is 0.172 e. The maximum absolute atomic E-state index is 9.82. The third-order valence-corrected chi connectivity index (χ3v) is 3.35. The Kier molecular flexibility index (Phi) is 9.18. The van der Waals surface area contributed by atoms with Crippen molar-refractivity contribution in [1.82, 2.24) is 0 Å². The van der Waals surface area contributed by atoms with Crippen LogP contribution >= 0.6 is 28.3 Å². The topological polar surface area (TPSA) is 81.5 Å². The summed E-state index contributed by atoms with van der Waals surface area (Å²) in [4.78, 5) is 0. The van der Waals surface area contributed by atoms with Gasteiger partial charge >= 0.3 is 0 Å². The predicted molar refractivity (Wildman–Crippen MR) is 84.1 cm³/mol. The van der Waals surface area contributed by atoms with Gasteiger partial charge in [0.15, 0.2) is 11.5 Å². The van der Waals surface area contributed by atoms with Gasteiger partial charge in [-0.25, -0.2) is 0 Å². The van der Waals surface area contributed by atoms with Crippen molar-refractivity contribution in [2.75, 3.05) is 13.2 Å². The van der Waals surface area contributed by atoms with E-state index in [1.807, 2.05) is 13.0 Å². The highest BCUT2D eigenvalue weighted by molar-refractivity contribution is 9.10. The molecule has 0 aliphatic heterocycles. The van der Waals surface area contributed by atoms with Crippen LogP contribution in [0.1, 0.15) is 37.8 Å². The van der Waals surface area contributed by atoms with Gasteiger partial charge in [-0.3, -0.25) is 0 Å². The molecule has 0 aliphatic carbocycles. The van der Waals surface area contributed by atoms with Crippen LogP contribution in [0.4, 0.5) is 0 Å². The normalized spacial score (nSPS) is 11.8. The number of rotatable bonds is 7. The SMILES string of the molecule is CCOc1cc([C@@H](N)CCCCN)cc(Br)c1O.Cl. The van der Waals surface area contributed by atoms with Crippen LogP contribution < -0.4 is 16.2 Å². The fraction of sp³-hybridized carbons (Fsp3) is 0.538. The molecule has 0 aromatic heterocycles. The molecule has 19 heavy (non-hydrogen) atoms. The van der Waals surface area contributed by atoms with Crippen LogP contribution in [-0.4, -0.2) is 18.3 Å². The fourth-order valence-electron chi connectivity index (χ4n) is 1.75. The number of phenolic OH excluding ortho intramolecular Hbond substituents is 1. The van der Waals surface area contributed by atoms with Gasteiger partial charge in [-0.05, 0) is 59.9 Å². The minimum absolute atomic E-state index is 0. The van der Waals surface area contributed by atoms with Crippen LogP contribution in [-0.2, 0) is 0 Å². The minimum Gasteiger partial charge on any atom is -0.503 e. The highest BCUT2D eigenvalue weighted by Crippen LogP contribution is 2.37. The van der Waals surface area contributed by atoms with Crippen LogP contribution in [0.3, 0.4) is 0 Å². The lowest BCUT2D eigenvalue weighted by Gasteiger charge is -2.15. The molecule has 0 saturated heterocycles. The first kappa shape index (κ1) is 18.5. The number of phenols is 1. The van der Waals surface area contributed by atoms with Gasteiger partial charge in [-0.2, -0.15) is 0 Å². The van der Waals surface area contributed by atoms with Gasteiger partial charge in [0.25, 0.3) is 0 Å². The van der Waals surface area contributed by atoms with E-state index in [4.69, 9.17) is 16.2 Å². The summed E-state index contributed by atoms with van der Waals surface area (Å²) in [5.41, 5.74) is 12.5. The first-order valence-corrected chi connectivity index (χ1v) is 7.00. The number of aromatic hydroxyl groups is 1. The van der Waals surface area contributed by atoms with Crippen LogP contribution in [0, 0.1) is 0 Å². The monoisotopic (exact) mass is 352 g/mol. The number of halogens is 2. The summed E-state index contributed by atoms with van der Waals surface area (Å²) in [6.07, 6.45) is 2.85. The molecule has 6 heteroatoms. The number of hydrogen-bond donors (Lipinski definition) is 3. The number of unbranched alkanes of at least 4 members (excludes halogenated alkanes) is 1. The van der Waals surface area contributed by atoms with E-state index in [-0.39, 0.29) is 24.2 Å². The second-order valence-electron chi connectivity index (χ2n) is 4.17. The Hall–Kier alpha value is -0.490. The van der Waals surface area contributed by atoms with Crippen molar-refractivity contribution in [1.29, 1.82) is 0 Å². The van der Waals surface area contributed by atoms with E-state index < -0.39 is 0 Å². The summed E-state index contributed by atoms with van der Waals surface area (Å²) < 4.78 is 5.99. The Morgan fingerprint density at radius 2 is 2.05 bits per heavy atom. The van der Waals surface area contributed by atoms with E-state index in [0.29, 0.717) is 23.4 Å². The van der Waals surface area contributed by atoms with Gasteiger partial charge in [0.1, 0.15) is 0 Å². The van der Waals surface area contributed by atoms with Gasteiger partial charge in [0.05, 0.1) is 11.1 Å². The molecule has 0 saturated carbocycles. The largest absolute Gasteiger partial charge is 0.503 e. The Morgan fingerprint density at radius 3 is 2.63 bits per heavy atom. The lowest BCUT2D eigenvalue weighted by Crippen LogP contribution is -2.11. The molecule has 0 aliphatic rings. The fourth-order valence-corrected chi connectivity index (χ4v) is 2.21. The Morgan fingerprint density at radius 1 is 1.37 bits per heavy atom. The van der Waals surface area contributed by atoms with E-state index >= 15 is 0 Å². The first-order valence-electron chi connectivity index (χ1n) is 6.21. The molecule has 1 aromatic rings. The number of nitrogens with two attached hydrogens (primary N) is 2. The molecule has 0 amide bonds. The number of ether oxygens (including phenoxy) is 1. The summed E-state index contributed by atoms with van der Waals surface area (Å²) in [6.45, 7) is 3.07. The van der Waals surface area contributed by atoms with Gasteiger partial charge in [-0.15, -0.1) is 12.4 Å². The lowest BCUT2D eigenvalue weighted by molar-refractivity contribution is 0.316. The summed E-state index contributed by atoms with van der Waals surface area (Å²) >= 11 is 3.31. The number of hydrogen-bond acceptors (Lipinski definition) is 4. The van der Waals surface area contributed by atoms with Crippen molar-refractivity contribution >= 4 is 28.3 Å². The lowest BCUT2D eigenvalue weighted by atomic mass is 10.0. The van der Waals surface area contributed by atoms with Crippen LogP contribution in [0.15, 0.2) is 16.6 Å². The molecule has 1 aromatic carbocycles. The van der Waals surface area contributed by atoms with Gasteiger partial charge in [0, 0.05) is 6.04 Å². The zero-order valence-corrected chi connectivity index (χ0v) is 13.5. The van der Waals surface area contributed by atoms with Crippen LogP contribution in [0.5, 0.6) is 11.5 Å². The summed E-state index contributed by atoms with van der Waals surface area (Å²) in [6, 6.07) is 3.58. The van der Waals surface area contributed by atoms with E-state index in [1.165, 1.54) is 0 Å². The second kappa shape index (κ2) is 9.42. The zero-order chi connectivity index (χ0) is 13.5. The Bertz CT molecular complexity index is 391. The second-order valence-corrected chi connectivity index (χ2v) is 5.03. The first-order chi connectivity index (χ1) is 8.60. The van der Waals surface area contributed by atoms with Crippen molar-refractivity contribution in [3.63, 3.8) is 0 Å². The molecule has 110 valence electrons. The number of benzene rings is 1. The highest BCUT2D eigenvalue weighted by atomic mass is 79.9. The van der Waals surface area contributed by atoms with Crippen molar-refractivity contribution in [3.8, 4) is 11.5 Å². The quantitative estimate of drug-likeness (QED) is 0.658. The molecule has 1 rings (SSSR count).